The molecule has 6 nitrogen and oxygen atoms in total. The molecule has 0 bridgehead atoms. The van der Waals surface area contributed by atoms with Gasteiger partial charge in [0.15, 0.2) is 0 Å². The zero-order valence-corrected chi connectivity index (χ0v) is 16.8. The minimum absolute atomic E-state index is 0.0382. The summed E-state index contributed by atoms with van der Waals surface area (Å²) in [7, 11) is 0. The second kappa shape index (κ2) is 9.17. The monoisotopic (exact) mass is 381 g/mol. The Hall–Kier alpha value is -3.15. The molecule has 3 amide bonds. The van der Waals surface area contributed by atoms with E-state index in [1.807, 2.05) is 24.3 Å². The number of amides is 3. The summed E-state index contributed by atoms with van der Waals surface area (Å²) >= 11 is 0. The Morgan fingerprint density at radius 3 is 1.93 bits per heavy atom. The first-order chi connectivity index (χ1) is 13.2. The SMILES string of the molecule is CC(=O)Nc1cccc(C(=O)NCCNC(=O)c2ccc(C(C)(C)C)cc2)c1. The summed E-state index contributed by atoms with van der Waals surface area (Å²) in [5, 5.41) is 8.18. The molecule has 2 aromatic carbocycles. The van der Waals surface area contributed by atoms with Crippen LogP contribution in [0, 0.1) is 0 Å². The van der Waals surface area contributed by atoms with Crippen molar-refractivity contribution in [2.45, 2.75) is 33.1 Å². The number of anilines is 1. The second-order valence-electron chi connectivity index (χ2n) is 7.60. The second-order valence-corrected chi connectivity index (χ2v) is 7.60. The van der Waals surface area contributed by atoms with Crippen LogP contribution in [0.3, 0.4) is 0 Å². The number of carbonyl (C=O) groups is 3. The van der Waals surface area contributed by atoms with Gasteiger partial charge < -0.3 is 16.0 Å². The molecule has 0 radical (unpaired) electrons. The van der Waals surface area contributed by atoms with Crippen LogP contribution in [0.4, 0.5) is 5.69 Å². The van der Waals surface area contributed by atoms with Crippen molar-refractivity contribution in [3.63, 3.8) is 0 Å². The summed E-state index contributed by atoms with van der Waals surface area (Å²) in [5.41, 5.74) is 2.79. The van der Waals surface area contributed by atoms with Gasteiger partial charge in [-0.2, -0.15) is 0 Å². The molecule has 0 aromatic heterocycles. The first kappa shape index (κ1) is 21.2. The molecule has 0 fully saturated rings. The predicted octanol–water partition coefficient (Wildman–Crippen LogP) is 3.10. The van der Waals surface area contributed by atoms with Crippen LogP contribution in [0.15, 0.2) is 48.5 Å². The number of nitrogens with one attached hydrogen (secondary N) is 3. The van der Waals surface area contributed by atoms with Crippen LogP contribution in [-0.2, 0) is 10.2 Å². The van der Waals surface area contributed by atoms with E-state index in [4.69, 9.17) is 0 Å². The highest BCUT2D eigenvalue weighted by Crippen LogP contribution is 2.22. The summed E-state index contributed by atoms with van der Waals surface area (Å²) in [5.74, 6) is -0.644. The summed E-state index contributed by atoms with van der Waals surface area (Å²) in [6.07, 6.45) is 0. The van der Waals surface area contributed by atoms with Gasteiger partial charge in [0.05, 0.1) is 0 Å². The third kappa shape index (κ3) is 6.23. The van der Waals surface area contributed by atoms with Gasteiger partial charge >= 0.3 is 0 Å². The van der Waals surface area contributed by atoms with Crippen molar-refractivity contribution in [2.24, 2.45) is 0 Å². The summed E-state index contributed by atoms with van der Waals surface area (Å²) in [6, 6.07) is 14.2. The number of hydrogen-bond donors (Lipinski definition) is 3. The van der Waals surface area contributed by atoms with E-state index in [0.29, 0.717) is 29.9 Å². The normalized spacial score (nSPS) is 10.9. The van der Waals surface area contributed by atoms with Gasteiger partial charge in [0.2, 0.25) is 5.91 Å². The maximum atomic E-state index is 12.2. The van der Waals surface area contributed by atoms with Gasteiger partial charge in [0.1, 0.15) is 0 Å². The van der Waals surface area contributed by atoms with Crippen molar-refractivity contribution < 1.29 is 14.4 Å². The minimum Gasteiger partial charge on any atom is -0.350 e. The standard InChI is InChI=1S/C22H27N3O3/c1-15(26)25-19-7-5-6-17(14-19)21(28)24-13-12-23-20(27)16-8-10-18(11-9-16)22(2,3)4/h5-11,14H,12-13H2,1-4H3,(H,23,27)(H,24,28)(H,25,26). The third-order valence-electron chi connectivity index (χ3n) is 4.15. The Morgan fingerprint density at radius 1 is 0.821 bits per heavy atom. The van der Waals surface area contributed by atoms with Crippen molar-refractivity contribution in [1.82, 2.24) is 10.6 Å². The van der Waals surface area contributed by atoms with Crippen molar-refractivity contribution in [1.29, 1.82) is 0 Å². The number of hydrogen-bond acceptors (Lipinski definition) is 3. The lowest BCUT2D eigenvalue weighted by Crippen LogP contribution is -2.34. The average molecular weight is 381 g/mol. The average Bonchev–Trinajstić information content (AvgIpc) is 2.64. The van der Waals surface area contributed by atoms with Crippen LogP contribution < -0.4 is 16.0 Å². The first-order valence-electron chi connectivity index (χ1n) is 9.21. The maximum Gasteiger partial charge on any atom is 0.251 e. The predicted molar refractivity (Wildman–Crippen MR) is 111 cm³/mol. The molecule has 148 valence electrons. The van der Waals surface area contributed by atoms with Crippen molar-refractivity contribution >= 4 is 23.4 Å². The van der Waals surface area contributed by atoms with Crippen LogP contribution in [-0.4, -0.2) is 30.8 Å². The quantitative estimate of drug-likeness (QED) is 0.672. The highest BCUT2D eigenvalue weighted by Gasteiger charge is 2.14. The summed E-state index contributed by atoms with van der Waals surface area (Å²) in [4.78, 5) is 35.5. The van der Waals surface area contributed by atoms with E-state index in [0.717, 1.165) is 5.56 Å². The molecule has 2 aromatic rings. The summed E-state index contributed by atoms with van der Waals surface area (Å²) in [6.45, 7) is 8.39. The van der Waals surface area contributed by atoms with E-state index in [2.05, 4.69) is 36.7 Å². The fraction of sp³-hybridized carbons (Fsp3) is 0.318. The molecule has 0 unspecified atom stereocenters. The molecule has 2 rings (SSSR count). The van der Waals surface area contributed by atoms with Gasteiger partial charge in [-0.25, -0.2) is 0 Å². The number of benzene rings is 2. The minimum atomic E-state index is -0.268. The van der Waals surface area contributed by atoms with Gasteiger partial charge in [-0.05, 0) is 41.3 Å². The molecule has 28 heavy (non-hydrogen) atoms. The van der Waals surface area contributed by atoms with Gasteiger partial charge in [-0.1, -0.05) is 39.0 Å². The van der Waals surface area contributed by atoms with Crippen LogP contribution in [0.2, 0.25) is 0 Å². The number of carbonyl (C=O) groups excluding carboxylic acids is 3. The molecule has 0 spiro atoms. The van der Waals surface area contributed by atoms with Crippen LogP contribution in [0.1, 0.15) is 54.0 Å². The van der Waals surface area contributed by atoms with E-state index < -0.39 is 0 Å². The lowest BCUT2D eigenvalue weighted by molar-refractivity contribution is -0.114. The third-order valence-corrected chi connectivity index (χ3v) is 4.15. The van der Waals surface area contributed by atoms with E-state index in [1.165, 1.54) is 6.92 Å². The maximum absolute atomic E-state index is 12.2. The van der Waals surface area contributed by atoms with E-state index in [-0.39, 0.29) is 23.1 Å². The lowest BCUT2D eigenvalue weighted by atomic mass is 9.87. The fourth-order valence-corrected chi connectivity index (χ4v) is 2.62. The molecule has 0 atom stereocenters. The molecule has 3 N–H and O–H groups in total. The lowest BCUT2D eigenvalue weighted by Gasteiger charge is -2.19. The van der Waals surface area contributed by atoms with Crippen LogP contribution >= 0.6 is 0 Å². The van der Waals surface area contributed by atoms with Crippen LogP contribution in [0.5, 0.6) is 0 Å². The molecule has 0 aliphatic heterocycles. The molecule has 0 saturated heterocycles. The smallest absolute Gasteiger partial charge is 0.251 e. The largest absolute Gasteiger partial charge is 0.350 e. The molecule has 0 aliphatic carbocycles. The number of rotatable bonds is 6. The Morgan fingerprint density at radius 2 is 1.39 bits per heavy atom. The van der Waals surface area contributed by atoms with Crippen molar-refractivity contribution in [2.75, 3.05) is 18.4 Å². The molecule has 0 heterocycles. The zero-order valence-electron chi connectivity index (χ0n) is 16.8. The van der Waals surface area contributed by atoms with Crippen LogP contribution in [0.25, 0.3) is 0 Å². The topological polar surface area (TPSA) is 87.3 Å². The Kier molecular flexibility index (Phi) is 6.93. The Labute approximate surface area is 165 Å². The molecule has 6 heteroatoms. The van der Waals surface area contributed by atoms with E-state index >= 15 is 0 Å². The molecule has 0 aliphatic rings. The molecular formula is C22H27N3O3. The summed E-state index contributed by atoms with van der Waals surface area (Å²) < 4.78 is 0. The van der Waals surface area contributed by atoms with Gasteiger partial charge in [-0.3, -0.25) is 14.4 Å². The highest BCUT2D eigenvalue weighted by atomic mass is 16.2. The van der Waals surface area contributed by atoms with E-state index in [1.54, 1.807) is 24.3 Å². The Balaban J connectivity index is 1.81. The van der Waals surface area contributed by atoms with E-state index in [9.17, 15) is 14.4 Å². The zero-order chi connectivity index (χ0) is 20.7. The molecule has 0 saturated carbocycles. The fourth-order valence-electron chi connectivity index (χ4n) is 2.62. The molecular weight excluding hydrogens is 354 g/mol. The van der Waals surface area contributed by atoms with Gasteiger partial charge in [0, 0.05) is 36.8 Å². The highest BCUT2D eigenvalue weighted by molar-refractivity contribution is 5.97. The first-order valence-corrected chi connectivity index (χ1v) is 9.21. The van der Waals surface area contributed by atoms with Crippen molar-refractivity contribution in [3.8, 4) is 0 Å². The van der Waals surface area contributed by atoms with Gasteiger partial charge in [0.25, 0.3) is 11.8 Å². The Bertz CT molecular complexity index is 852. The van der Waals surface area contributed by atoms with Gasteiger partial charge in [-0.15, -0.1) is 0 Å². The van der Waals surface area contributed by atoms with Crippen molar-refractivity contribution in [3.05, 3.63) is 65.2 Å².